The van der Waals surface area contributed by atoms with Crippen LogP contribution >= 0.6 is 23.1 Å². The second kappa shape index (κ2) is 8.95. The normalized spacial score (nSPS) is 15.8. The molecule has 1 aromatic carbocycles. The summed E-state index contributed by atoms with van der Waals surface area (Å²) in [5.41, 5.74) is 1.96. The van der Waals surface area contributed by atoms with Crippen LogP contribution in [0.5, 0.6) is 0 Å². The number of carbonyl (C=O) groups excluding carboxylic acids is 2. The van der Waals surface area contributed by atoms with Crippen molar-refractivity contribution in [1.29, 1.82) is 0 Å². The van der Waals surface area contributed by atoms with E-state index < -0.39 is 18.0 Å². The van der Waals surface area contributed by atoms with Gasteiger partial charge in [-0.2, -0.15) is 0 Å². The standard InChI is InChI=1S/C23H18FN3O4S2/c1-13-20-15(11-17(18-7-4-9-32-18)25-21(20)31-26-13)23(29)30-12-19(28)27-8-10-33-22(27)14-5-2-3-6-16(14)24/h2-7,9,11,22H,8,10,12H2,1H3/t22-/m0/s1. The molecule has 0 radical (unpaired) electrons. The molecule has 0 saturated carbocycles. The van der Waals surface area contributed by atoms with Gasteiger partial charge in [-0.3, -0.25) is 4.79 Å². The molecule has 0 bridgehead atoms. The van der Waals surface area contributed by atoms with Crippen molar-refractivity contribution in [3.05, 3.63) is 70.5 Å². The lowest BCUT2D eigenvalue weighted by atomic mass is 10.1. The van der Waals surface area contributed by atoms with Crippen molar-refractivity contribution in [1.82, 2.24) is 15.0 Å². The number of esters is 1. The first-order valence-electron chi connectivity index (χ1n) is 10.2. The molecule has 33 heavy (non-hydrogen) atoms. The smallest absolute Gasteiger partial charge is 0.339 e. The Morgan fingerprint density at radius 2 is 2.12 bits per heavy atom. The van der Waals surface area contributed by atoms with Crippen LogP contribution in [0.1, 0.15) is 27.0 Å². The van der Waals surface area contributed by atoms with Crippen molar-refractivity contribution in [3.8, 4) is 10.6 Å². The van der Waals surface area contributed by atoms with E-state index in [1.165, 1.54) is 29.2 Å². The molecule has 7 nitrogen and oxygen atoms in total. The topological polar surface area (TPSA) is 85.5 Å². The number of ether oxygens (including phenoxy) is 1. The van der Waals surface area contributed by atoms with Crippen molar-refractivity contribution < 1.29 is 23.2 Å². The SMILES string of the molecule is Cc1noc2nc(-c3cccs3)cc(C(=O)OCC(=O)N3CCS[C@H]3c3ccccc3F)c12. The summed E-state index contributed by atoms with van der Waals surface area (Å²) in [7, 11) is 0. The van der Waals surface area contributed by atoms with Crippen LogP contribution in [-0.4, -0.2) is 45.8 Å². The van der Waals surface area contributed by atoms with E-state index in [9.17, 15) is 14.0 Å². The zero-order valence-corrected chi connectivity index (χ0v) is 19.1. The van der Waals surface area contributed by atoms with Crippen LogP contribution in [0.3, 0.4) is 0 Å². The van der Waals surface area contributed by atoms with E-state index >= 15 is 0 Å². The van der Waals surface area contributed by atoms with Gasteiger partial charge in [0, 0.05) is 17.9 Å². The highest BCUT2D eigenvalue weighted by Gasteiger charge is 2.33. The molecule has 0 N–H and O–H groups in total. The zero-order valence-electron chi connectivity index (χ0n) is 17.5. The molecular formula is C23H18FN3O4S2. The van der Waals surface area contributed by atoms with Crippen molar-refractivity contribution in [2.75, 3.05) is 18.9 Å². The number of rotatable bonds is 5. The zero-order chi connectivity index (χ0) is 22.9. The van der Waals surface area contributed by atoms with Crippen LogP contribution in [0.15, 0.2) is 52.4 Å². The number of halogens is 1. The van der Waals surface area contributed by atoms with Crippen molar-refractivity contribution in [2.45, 2.75) is 12.3 Å². The molecule has 1 fully saturated rings. The van der Waals surface area contributed by atoms with Gasteiger partial charge in [0.25, 0.3) is 11.6 Å². The molecule has 1 atom stereocenters. The van der Waals surface area contributed by atoms with Gasteiger partial charge in [-0.05, 0) is 30.5 Å². The largest absolute Gasteiger partial charge is 0.452 e. The Kier molecular flexibility index (Phi) is 5.86. The number of carbonyl (C=O) groups is 2. The number of thiophene rings is 1. The number of amides is 1. The molecular weight excluding hydrogens is 465 g/mol. The molecule has 10 heteroatoms. The number of hydrogen-bond donors (Lipinski definition) is 0. The van der Waals surface area contributed by atoms with Crippen molar-refractivity contribution in [3.63, 3.8) is 0 Å². The molecule has 1 aliphatic rings. The van der Waals surface area contributed by atoms with Gasteiger partial charge in [-0.15, -0.1) is 23.1 Å². The Balaban J connectivity index is 1.36. The van der Waals surface area contributed by atoms with E-state index in [1.807, 2.05) is 17.5 Å². The Labute approximate surface area is 196 Å². The van der Waals surface area contributed by atoms with E-state index in [0.29, 0.717) is 34.6 Å². The predicted octanol–water partition coefficient (Wildman–Crippen LogP) is 4.83. The lowest BCUT2D eigenvalue weighted by molar-refractivity contribution is -0.134. The van der Waals surface area contributed by atoms with E-state index in [4.69, 9.17) is 9.26 Å². The molecule has 0 unspecified atom stereocenters. The number of aromatic nitrogens is 2. The van der Waals surface area contributed by atoms with Crippen LogP contribution in [0, 0.1) is 12.7 Å². The van der Waals surface area contributed by atoms with Gasteiger partial charge in [-0.25, -0.2) is 14.2 Å². The van der Waals surface area contributed by atoms with Crippen molar-refractivity contribution in [2.24, 2.45) is 0 Å². The Hall–Kier alpha value is -3.24. The highest BCUT2D eigenvalue weighted by atomic mass is 32.2. The van der Waals surface area contributed by atoms with Gasteiger partial charge in [-0.1, -0.05) is 29.4 Å². The summed E-state index contributed by atoms with van der Waals surface area (Å²) < 4.78 is 24.9. The monoisotopic (exact) mass is 483 g/mol. The molecule has 4 aromatic rings. The van der Waals surface area contributed by atoms with Crippen LogP contribution in [0.4, 0.5) is 4.39 Å². The first kappa shape index (κ1) is 21.6. The van der Waals surface area contributed by atoms with E-state index in [-0.39, 0.29) is 23.0 Å². The molecule has 168 valence electrons. The van der Waals surface area contributed by atoms with Gasteiger partial charge in [0.05, 0.1) is 27.2 Å². The molecule has 1 saturated heterocycles. The fourth-order valence-corrected chi connectivity index (χ4v) is 5.74. The molecule has 3 aromatic heterocycles. The van der Waals surface area contributed by atoms with Gasteiger partial charge in [0.2, 0.25) is 0 Å². The number of nitrogens with zero attached hydrogens (tertiary/aromatic N) is 3. The van der Waals surface area contributed by atoms with E-state index in [1.54, 1.807) is 36.1 Å². The second-order valence-corrected chi connectivity index (χ2v) is 9.52. The average molecular weight is 484 g/mol. The van der Waals surface area contributed by atoms with Crippen molar-refractivity contribution >= 4 is 46.1 Å². The quantitative estimate of drug-likeness (QED) is 0.376. The maximum atomic E-state index is 14.3. The minimum absolute atomic E-state index is 0.229. The van der Waals surface area contributed by atoms with Gasteiger partial charge in [0.15, 0.2) is 6.61 Å². The Morgan fingerprint density at radius 3 is 2.91 bits per heavy atom. The lowest BCUT2D eigenvalue weighted by Crippen LogP contribution is -2.34. The molecule has 0 spiro atoms. The number of pyridine rings is 1. The maximum absolute atomic E-state index is 14.3. The summed E-state index contributed by atoms with van der Waals surface area (Å²) in [4.78, 5) is 32.7. The maximum Gasteiger partial charge on any atom is 0.339 e. The molecule has 0 aliphatic carbocycles. The highest BCUT2D eigenvalue weighted by molar-refractivity contribution is 7.99. The summed E-state index contributed by atoms with van der Waals surface area (Å²) in [6, 6.07) is 11.8. The fourth-order valence-electron chi connectivity index (χ4n) is 3.75. The first-order valence-corrected chi connectivity index (χ1v) is 12.1. The number of thioether (sulfide) groups is 1. The molecule has 4 heterocycles. The van der Waals surface area contributed by atoms with E-state index in [0.717, 1.165) is 4.88 Å². The number of aryl methyl sites for hydroxylation is 1. The summed E-state index contributed by atoms with van der Waals surface area (Å²) >= 11 is 2.95. The van der Waals surface area contributed by atoms with Gasteiger partial charge in [0.1, 0.15) is 11.2 Å². The minimum atomic E-state index is -0.672. The van der Waals surface area contributed by atoms with Crippen LogP contribution < -0.4 is 0 Å². The van der Waals surface area contributed by atoms with Crippen LogP contribution in [0.25, 0.3) is 21.7 Å². The number of fused-ring (bicyclic) bond motifs is 1. The second-order valence-electron chi connectivity index (χ2n) is 7.39. The van der Waals surface area contributed by atoms with Crippen LogP contribution in [-0.2, 0) is 9.53 Å². The third kappa shape index (κ3) is 4.11. The van der Waals surface area contributed by atoms with E-state index in [2.05, 4.69) is 10.1 Å². The predicted molar refractivity (Wildman–Crippen MR) is 123 cm³/mol. The lowest BCUT2D eigenvalue weighted by Gasteiger charge is -2.24. The fraction of sp³-hybridized carbons (Fsp3) is 0.217. The molecule has 1 amide bonds. The summed E-state index contributed by atoms with van der Waals surface area (Å²) in [5, 5.41) is 5.83. The minimum Gasteiger partial charge on any atom is -0.452 e. The number of benzene rings is 1. The number of hydrogen-bond acceptors (Lipinski definition) is 8. The Bertz CT molecular complexity index is 1340. The van der Waals surface area contributed by atoms with Gasteiger partial charge < -0.3 is 14.2 Å². The van der Waals surface area contributed by atoms with Crippen LogP contribution in [0.2, 0.25) is 0 Å². The first-order chi connectivity index (χ1) is 16.0. The molecule has 5 rings (SSSR count). The summed E-state index contributed by atoms with van der Waals surface area (Å²) in [6.45, 7) is 1.71. The molecule has 1 aliphatic heterocycles. The van der Waals surface area contributed by atoms with Gasteiger partial charge >= 0.3 is 5.97 Å². The Morgan fingerprint density at radius 1 is 1.27 bits per heavy atom. The third-order valence-corrected chi connectivity index (χ3v) is 7.45. The third-order valence-electron chi connectivity index (χ3n) is 5.32. The average Bonchev–Trinajstić information content (AvgIpc) is 3.58. The highest BCUT2D eigenvalue weighted by Crippen LogP contribution is 2.39. The summed E-state index contributed by atoms with van der Waals surface area (Å²) in [6.07, 6.45) is 0. The summed E-state index contributed by atoms with van der Waals surface area (Å²) in [5.74, 6) is -0.746.